The Morgan fingerprint density at radius 3 is 2.79 bits per heavy atom. The minimum absolute atomic E-state index is 0.0510. The number of aliphatic carboxylic acids is 1. The SMILES string of the molecule is COc1ccc(OC)c(C2CSCC(C(=O)O)N2)c1. The number of carboxylic acids is 1. The number of rotatable bonds is 4. The van der Waals surface area contributed by atoms with Crippen LogP contribution in [-0.2, 0) is 4.79 Å². The summed E-state index contributed by atoms with van der Waals surface area (Å²) in [5.41, 5.74) is 0.931. The fourth-order valence-electron chi connectivity index (χ4n) is 2.08. The van der Waals surface area contributed by atoms with Gasteiger partial charge in [0.2, 0.25) is 0 Å². The fourth-order valence-corrected chi connectivity index (χ4v) is 3.20. The van der Waals surface area contributed by atoms with Gasteiger partial charge in [-0.15, -0.1) is 0 Å². The summed E-state index contributed by atoms with van der Waals surface area (Å²) >= 11 is 1.63. The summed E-state index contributed by atoms with van der Waals surface area (Å²) in [6.45, 7) is 0. The predicted octanol–water partition coefficient (Wildman–Crippen LogP) is 1.53. The molecule has 2 N–H and O–H groups in total. The van der Waals surface area contributed by atoms with Crippen LogP contribution >= 0.6 is 11.8 Å². The third-order valence-corrected chi connectivity index (χ3v) is 4.22. The van der Waals surface area contributed by atoms with Crippen molar-refractivity contribution in [2.45, 2.75) is 12.1 Å². The zero-order valence-electron chi connectivity index (χ0n) is 10.9. The second-order valence-corrected chi connectivity index (χ2v) is 5.33. The van der Waals surface area contributed by atoms with Crippen LogP contribution in [0.25, 0.3) is 0 Å². The molecule has 1 saturated heterocycles. The van der Waals surface area contributed by atoms with Crippen molar-refractivity contribution in [2.75, 3.05) is 25.7 Å². The van der Waals surface area contributed by atoms with E-state index in [0.717, 1.165) is 22.8 Å². The van der Waals surface area contributed by atoms with Crippen molar-refractivity contribution in [1.82, 2.24) is 5.32 Å². The molecule has 0 saturated carbocycles. The lowest BCUT2D eigenvalue weighted by molar-refractivity contribution is -0.139. The molecule has 5 nitrogen and oxygen atoms in total. The lowest BCUT2D eigenvalue weighted by Gasteiger charge is -2.29. The molecule has 0 aromatic heterocycles. The quantitative estimate of drug-likeness (QED) is 0.873. The number of nitrogens with one attached hydrogen (secondary N) is 1. The molecule has 1 heterocycles. The van der Waals surface area contributed by atoms with E-state index in [1.807, 2.05) is 18.2 Å². The van der Waals surface area contributed by atoms with Crippen LogP contribution in [0, 0.1) is 0 Å². The number of thioether (sulfide) groups is 1. The Labute approximate surface area is 116 Å². The maximum atomic E-state index is 11.1. The molecular weight excluding hydrogens is 266 g/mol. The first-order chi connectivity index (χ1) is 9.15. The molecule has 19 heavy (non-hydrogen) atoms. The van der Waals surface area contributed by atoms with Crippen LogP contribution < -0.4 is 14.8 Å². The molecule has 1 aliphatic rings. The molecule has 0 bridgehead atoms. The van der Waals surface area contributed by atoms with Crippen LogP contribution in [0.4, 0.5) is 0 Å². The highest BCUT2D eigenvalue weighted by Gasteiger charge is 2.29. The highest BCUT2D eigenvalue weighted by atomic mass is 32.2. The Hall–Kier alpha value is -1.40. The Balaban J connectivity index is 2.26. The van der Waals surface area contributed by atoms with Gasteiger partial charge >= 0.3 is 5.97 Å². The van der Waals surface area contributed by atoms with Crippen LogP contribution in [-0.4, -0.2) is 42.8 Å². The number of carboxylic acid groups (broad SMARTS) is 1. The van der Waals surface area contributed by atoms with Gasteiger partial charge in [0, 0.05) is 23.1 Å². The van der Waals surface area contributed by atoms with Crippen LogP contribution in [0.3, 0.4) is 0 Å². The number of ether oxygens (including phenoxy) is 2. The highest BCUT2D eigenvalue weighted by Crippen LogP contribution is 2.33. The molecule has 2 unspecified atom stereocenters. The molecule has 2 atom stereocenters. The normalized spacial score (nSPS) is 22.8. The molecule has 0 spiro atoms. The van der Waals surface area contributed by atoms with Gasteiger partial charge in [0.25, 0.3) is 0 Å². The van der Waals surface area contributed by atoms with Crippen molar-refractivity contribution in [3.05, 3.63) is 23.8 Å². The molecule has 1 aromatic rings. The molecular formula is C13H17NO4S. The summed E-state index contributed by atoms with van der Waals surface area (Å²) in [6, 6.07) is 4.98. The van der Waals surface area contributed by atoms with Gasteiger partial charge < -0.3 is 14.6 Å². The average molecular weight is 283 g/mol. The zero-order valence-corrected chi connectivity index (χ0v) is 11.7. The smallest absolute Gasteiger partial charge is 0.321 e. The van der Waals surface area contributed by atoms with Crippen molar-refractivity contribution in [3.8, 4) is 11.5 Å². The van der Waals surface area contributed by atoms with Crippen molar-refractivity contribution in [3.63, 3.8) is 0 Å². The molecule has 0 aliphatic carbocycles. The Bertz CT molecular complexity index is 466. The number of hydrogen-bond acceptors (Lipinski definition) is 5. The van der Waals surface area contributed by atoms with Crippen LogP contribution in [0.5, 0.6) is 11.5 Å². The summed E-state index contributed by atoms with van der Waals surface area (Å²) in [6.07, 6.45) is 0. The van der Waals surface area contributed by atoms with Crippen molar-refractivity contribution >= 4 is 17.7 Å². The van der Waals surface area contributed by atoms with E-state index >= 15 is 0 Å². The van der Waals surface area contributed by atoms with E-state index in [-0.39, 0.29) is 6.04 Å². The van der Waals surface area contributed by atoms with E-state index in [1.165, 1.54) is 0 Å². The van der Waals surface area contributed by atoms with Crippen molar-refractivity contribution < 1.29 is 19.4 Å². The predicted molar refractivity (Wildman–Crippen MR) is 74.2 cm³/mol. The zero-order chi connectivity index (χ0) is 13.8. The monoisotopic (exact) mass is 283 g/mol. The first kappa shape index (κ1) is 14.0. The molecule has 1 fully saturated rings. The van der Waals surface area contributed by atoms with Crippen LogP contribution in [0.2, 0.25) is 0 Å². The maximum absolute atomic E-state index is 11.1. The Morgan fingerprint density at radius 2 is 2.16 bits per heavy atom. The van der Waals surface area contributed by atoms with E-state index in [9.17, 15) is 4.79 Å². The van der Waals surface area contributed by atoms with Crippen LogP contribution in [0.15, 0.2) is 18.2 Å². The van der Waals surface area contributed by atoms with E-state index in [4.69, 9.17) is 14.6 Å². The molecule has 1 aromatic carbocycles. The number of carbonyl (C=O) groups is 1. The van der Waals surface area contributed by atoms with Crippen LogP contribution in [0.1, 0.15) is 11.6 Å². The average Bonchev–Trinajstić information content (AvgIpc) is 2.46. The molecule has 0 amide bonds. The summed E-state index contributed by atoms with van der Waals surface area (Å²) in [5, 5.41) is 12.2. The summed E-state index contributed by atoms with van der Waals surface area (Å²) in [5.74, 6) is 2.05. The Kier molecular flexibility index (Phi) is 4.55. The van der Waals surface area contributed by atoms with Gasteiger partial charge in [-0.1, -0.05) is 0 Å². The molecule has 6 heteroatoms. The van der Waals surface area contributed by atoms with Gasteiger partial charge in [-0.25, -0.2) is 0 Å². The number of hydrogen-bond donors (Lipinski definition) is 2. The lowest BCUT2D eigenvalue weighted by atomic mass is 10.1. The first-order valence-electron chi connectivity index (χ1n) is 5.94. The van der Waals surface area contributed by atoms with Gasteiger partial charge in [0.05, 0.1) is 14.2 Å². The van der Waals surface area contributed by atoms with Crippen molar-refractivity contribution in [2.24, 2.45) is 0 Å². The van der Waals surface area contributed by atoms with Gasteiger partial charge in [-0.05, 0) is 18.2 Å². The van der Waals surface area contributed by atoms with Gasteiger partial charge in [0.15, 0.2) is 0 Å². The van der Waals surface area contributed by atoms with E-state index in [0.29, 0.717) is 5.75 Å². The third kappa shape index (κ3) is 3.13. The minimum Gasteiger partial charge on any atom is -0.497 e. The molecule has 2 rings (SSSR count). The van der Waals surface area contributed by atoms with Crippen molar-refractivity contribution in [1.29, 1.82) is 0 Å². The number of benzene rings is 1. The van der Waals surface area contributed by atoms with E-state index in [2.05, 4.69) is 5.32 Å². The van der Waals surface area contributed by atoms with E-state index in [1.54, 1.807) is 26.0 Å². The highest BCUT2D eigenvalue weighted by molar-refractivity contribution is 7.99. The number of methoxy groups -OCH3 is 2. The van der Waals surface area contributed by atoms with E-state index < -0.39 is 12.0 Å². The second-order valence-electron chi connectivity index (χ2n) is 4.26. The van der Waals surface area contributed by atoms with Gasteiger partial charge in [-0.3, -0.25) is 10.1 Å². The molecule has 0 radical (unpaired) electrons. The summed E-state index contributed by atoms with van der Waals surface area (Å²) < 4.78 is 10.6. The lowest BCUT2D eigenvalue weighted by Crippen LogP contribution is -2.45. The molecule has 1 aliphatic heterocycles. The standard InChI is InChI=1S/C13H17NO4S/c1-17-8-3-4-12(18-2)9(5-8)10-6-19-7-11(14-10)13(15)16/h3-5,10-11,14H,6-7H2,1-2H3,(H,15,16). The first-order valence-corrected chi connectivity index (χ1v) is 7.09. The minimum atomic E-state index is -0.820. The largest absolute Gasteiger partial charge is 0.497 e. The summed E-state index contributed by atoms with van der Waals surface area (Å²) in [7, 11) is 3.21. The maximum Gasteiger partial charge on any atom is 0.321 e. The third-order valence-electron chi connectivity index (χ3n) is 3.08. The molecule has 104 valence electrons. The topological polar surface area (TPSA) is 67.8 Å². The fraction of sp³-hybridized carbons (Fsp3) is 0.462. The second kappa shape index (κ2) is 6.16. The Morgan fingerprint density at radius 1 is 1.37 bits per heavy atom. The van der Waals surface area contributed by atoms with Gasteiger partial charge in [-0.2, -0.15) is 11.8 Å². The summed E-state index contributed by atoms with van der Waals surface area (Å²) in [4.78, 5) is 11.1. The van der Waals surface area contributed by atoms with Gasteiger partial charge in [0.1, 0.15) is 17.5 Å².